The Bertz CT molecular complexity index is 371. The van der Waals surface area contributed by atoms with Gasteiger partial charge in [-0.15, -0.1) is 0 Å². The van der Waals surface area contributed by atoms with Crippen molar-refractivity contribution in [1.29, 1.82) is 0 Å². The Morgan fingerprint density at radius 3 is 2.32 bits per heavy atom. The molecule has 0 bridgehead atoms. The molecule has 1 aromatic heterocycles. The van der Waals surface area contributed by atoms with Gasteiger partial charge in [0.05, 0.1) is 6.04 Å². The lowest BCUT2D eigenvalue weighted by Crippen LogP contribution is -2.56. The lowest BCUT2D eigenvalue weighted by Gasteiger charge is -2.46. The molecule has 2 rings (SSSR count). The molecule has 0 spiro atoms. The fourth-order valence-corrected chi connectivity index (χ4v) is 3.65. The second kappa shape index (κ2) is 6.41. The third-order valence-corrected chi connectivity index (χ3v) is 4.48. The SMILES string of the molecule is CCN(CC)C1(C(NN)c2cncnc2)CCCC1. The molecule has 3 N–H and O–H groups in total. The Labute approximate surface area is 115 Å². The topological polar surface area (TPSA) is 67.1 Å². The second-order valence-electron chi connectivity index (χ2n) is 5.25. The van der Waals surface area contributed by atoms with Crippen LogP contribution >= 0.6 is 0 Å². The van der Waals surface area contributed by atoms with Crippen molar-refractivity contribution < 1.29 is 0 Å². The number of nitrogens with zero attached hydrogens (tertiary/aromatic N) is 3. The summed E-state index contributed by atoms with van der Waals surface area (Å²) in [6.07, 6.45) is 10.2. The molecule has 0 aliphatic heterocycles. The molecule has 1 unspecified atom stereocenters. The molecule has 106 valence electrons. The van der Waals surface area contributed by atoms with Crippen LogP contribution in [0.15, 0.2) is 18.7 Å². The van der Waals surface area contributed by atoms with E-state index in [0.29, 0.717) is 0 Å². The smallest absolute Gasteiger partial charge is 0.115 e. The molecule has 0 aromatic carbocycles. The quantitative estimate of drug-likeness (QED) is 0.603. The van der Waals surface area contributed by atoms with Gasteiger partial charge in [0.25, 0.3) is 0 Å². The number of hydrogen-bond donors (Lipinski definition) is 2. The zero-order valence-corrected chi connectivity index (χ0v) is 12.0. The van der Waals surface area contributed by atoms with Crippen molar-refractivity contribution in [2.45, 2.75) is 51.1 Å². The van der Waals surface area contributed by atoms with Gasteiger partial charge in [0.15, 0.2) is 0 Å². The summed E-state index contributed by atoms with van der Waals surface area (Å²) in [5.41, 5.74) is 4.21. The monoisotopic (exact) mass is 263 g/mol. The summed E-state index contributed by atoms with van der Waals surface area (Å²) in [4.78, 5) is 10.8. The molecular weight excluding hydrogens is 238 g/mol. The molecule has 1 atom stereocenters. The van der Waals surface area contributed by atoms with E-state index in [4.69, 9.17) is 5.84 Å². The molecule has 5 heteroatoms. The molecule has 19 heavy (non-hydrogen) atoms. The highest BCUT2D eigenvalue weighted by Crippen LogP contribution is 2.43. The van der Waals surface area contributed by atoms with Gasteiger partial charge >= 0.3 is 0 Å². The maximum atomic E-state index is 5.88. The van der Waals surface area contributed by atoms with Crippen molar-refractivity contribution in [3.63, 3.8) is 0 Å². The van der Waals surface area contributed by atoms with Crippen molar-refractivity contribution in [1.82, 2.24) is 20.3 Å². The molecule has 1 saturated carbocycles. The van der Waals surface area contributed by atoms with Gasteiger partial charge in [-0.3, -0.25) is 16.2 Å². The molecule has 5 nitrogen and oxygen atoms in total. The zero-order chi connectivity index (χ0) is 13.7. The zero-order valence-electron chi connectivity index (χ0n) is 12.0. The van der Waals surface area contributed by atoms with E-state index in [2.05, 4.69) is 34.1 Å². The average Bonchev–Trinajstić information content (AvgIpc) is 2.92. The molecule has 0 radical (unpaired) electrons. The third kappa shape index (κ3) is 2.63. The molecule has 1 aliphatic carbocycles. The summed E-state index contributed by atoms with van der Waals surface area (Å²) < 4.78 is 0. The maximum absolute atomic E-state index is 5.88. The van der Waals surface area contributed by atoms with Crippen molar-refractivity contribution >= 4 is 0 Å². The first kappa shape index (κ1) is 14.4. The van der Waals surface area contributed by atoms with E-state index in [0.717, 1.165) is 18.7 Å². The molecule has 1 fully saturated rings. The van der Waals surface area contributed by atoms with Crippen LogP contribution in [0.2, 0.25) is 0 Å². The van der Waals surface area contributed by atoms with Crippen molar-refractivity contribution in [2.75, 3.05) is 13.1 Å². The van der Waals surface area contributed by atoms with Crippen LogP contribution in [0.3, 0.4) is 0 Å². The van der Waals surface area contributed by atoms with Gasteiger partial charge in [0.1, 0.15) is 6.33 Å². The maximum Gasteiger partial charge on any atom is 0.115 e. The van der Waals surface area contributed by atoms with Gasteiger partial charge < -0.3 is 0 Å². The van der Waals surface area contributed by atoms with Crippen LogP contribution in [-0.2, 0) is 0 Å². The minimum atomic E-state index is 0.0936. The highest BCUT2D eigenvalue weighted by atomic mass is 15.3. The number of likely N-dealkylation sites (N-methyl/N-ethyl adjacent to an activating group) is 1. The van der Waals surface area contributed by atoms with Crippen molar-refractivity contribution in [3.8, 4) is 0 Å². The molecule has 1 heterocycles. The predicted octanol–water partition coefficient (Wildman–Crippen LogP) is 1.64. The molecule has 0 saturated heterocycles. The number of hydrogen-bond acceptors (Lipinski definition) is 5. The lowest BCUT2D eigenvalue weighted by molar-refractivity contribution is 0.0623. The number of aromatic nitrogens is 2. The second-order valence-corrected chi connectivity index (χ2v) is 5.25. The fourth-order valence-electron chi connectivity index (χ4n) is 3.65. The Hall–Kier alpha value is -1.04. The van der Waals surface area contributed by atoms with Crippen LogP contribution < -0.4 is 11.3 Å². The normalized spacial score (nSPS) is 19.8. The standard InChI is InChI=1S/C14H25N5/c1-3-19(4-2)14(7-5-6-8-14)13(18-15)12-9-16-11-17-10-12/h9-11,13,18H,3-8,15H2,1-2H3. The van der Waals surface area contributed by atoms with Gasteiger partial charge in [0.2, 0.25) is 0 Å². The Morgan fingerprint density at radius 1 is 1.26 bits per heavy atom. The van der Waals surface area contributed by atoms with Crippen LogP contribution in [0.4, 0.5) is 0 Å². The van der Waals surface area contributed by atoms with Gasteiger partial charge in [0, 0.05) is 23.5 Å². The van der Waals surface area contributed by atoms with Gasteiger partial charge in [-0.2, -0.15) is 0 Å². The molecule has 0 amide bonds. The summed E-state index contributed by atoms with van der Waals surface area (Å²) in [7, 11) is 0. The minimum Gasteiger partial charge on any atom is -0.296 e. The van der Waals surface area contributed by atoms with Crippen molar-refractivity contribution in [3.05, 3.63) is 24.3 Å². The first-order chi connectivity index (χ1) is 9.28. The fraction of sp³-hybridized carbons (Fsp3) is 0.714. The first-order valence-corrected chi connectivity index (χ1v) is 7.24. The van der Waals surface area contributed by atoms with Gasteiger partial charge in [-0.05, 0) is 25.9 Å². The van der Waals surface area contributed by atoms with Crippen molar-refractivity contribution in [2.24, 2.45) is 5.84 Å². The summed E-state index contributed by atoms with van der Waals surface area (Å²) in [5.74, 6) is 5.88. The average molecular weight is 263 g/mol. The number of hydrazine groups is 1. The van der Waals surface area contributed by atoms with E-state index in [9.17, 15) is 0 Å². The molecular formula is C14H25N5. The van der Waals surface area contributed by atoms with E-state index in [1.807, 2.05) is 12.4 Å². The van der Waals surface area contributed by atoms with Crippen LogP contribution in [-0.4, -0.2) is 33.5 Å². The van der Waals surface area contributed by atoms with E-state index in [1.54, 1.807) is 6.33 Å². The number of nitrogens with two attached hydrogens (primary N) is 1. The lowest BCUT2D eigenvalue weighted by atomic mass is 9.83. The Morgan fingerprint density at radius 2 is 1.84 bits per heavy atom. The molecule has 1 aliphatic rings. The Balaban J connectivity index is 2.36. The minimum absolute atomic E-state index is 0.0936. The molecule has 1 aromatic rings. The number of nitrogens with one attached hydrogen (secondary N) is 1. The summed E-state index contributed by atoms with van der Waals surface area (Å²) >= 11 is 0. The van der Waals surface area contributed by atoms with Crippen LogP contribution in [0.5, 0.6) is 0 Å². The van der Waals surface area contributed by atoms with Gasteiger partial charge in [-0.25, -0.2) is 9.97 Å². The van der Waals surface area contributed by atoms with E-state index >= 15 is 0 Å². The summed E-state index contributed by atoms with van der Waals surface area (Å²) in [6, 6.07) is 0.0936. The summed E-state index contributed by atoms with van der Waals surface area (Å²) in [5, 5.41) is 0. The van der Waals surface area contributed by atoms with Crippen LogP contribution in [0.25, 0.3) is 0 Å². The predicted molar refractivity (Wildman–Crippen MR) is 76.2 cm³/mol. The van der Waals surface area contributed by atoms with Crippen LogP contribution in [0.1, 0.15) is 51.1 Å². The van der Waals surface area contributed by atoms with E-state index < -0.39 is 0 Å². The summed E-state index contributed by atoms with van der Waals surface area (Å²) in [6.45, 7) is 6.53. The first-order valence-electron chi connectivity index (χ1n) is 7.24. The van der Waals surface area contributed by atoms with E-state index in [1.165, 1.54) is 25.7 Å². The number of rotatable bonds is 6. The highest BCUT2D eigenvalue weighted by Gasteiger charge is 2.45. The van der Waals surface area contributed by atoms with Gasteiger partial charge in [-0.1, -0.05) is 26.7 Å². The van der Waals surface area contributed by atoms with E-state index in [-0.39, 0.29) is 11.6 Å². The van der Waals surface area contributed by atoms with Crippen LogP contribution in [0, 0.1) is 0 Å². The Kier molecular flexibility index (Phi) is 4.85. The largest absolute Gasteiger partial charge is 0.296 e. The highest BCUT2D eigenvalue weighted by molar-refractivity contribution is 5.18. The third-order valence-electron chi connectivity index (χ3n) is 4.48.